The molecule has 6 nitrogen and oxygen atoms in total. The first-order chi connectivity index (χ1) is 11.4. The molecular weight excluding hydrogens is 306 g/mol. The molecule has 24 heavy (non-hydrogen) atoms. The molecule has 0 radical (unpaired) electrons. The summed E-state index contributed by atoms with van der Waals surface area (Å²) < 4.78 is 5.30. The lowest BCUT2D eigenvalue weighted by molar-refractivity contribution is -0.0287. The lowest BCUT2D eigenvalue weighted by atomic mass is 9.71. The smallest absolute Gasteiger partial charge is 0.257 e. The number of piperidine rings is 2. The van der Waals surface area contributed by atoms with Crippen LogP contribution in [0.15, 0.2) is 12.3 Å². The summed E-state index contributed by atoms with van der Waals surface area (Å²) in [5, 5.41) is 10.1. The summed E-state index contributed by atoms with van der Waals surface area (Å²) in [5.41, 5.74) is 1.54. The number of hydrogen-bond acceptors (Lipinski definition) is 5. The second kappa shape index (κ2) is 6.69. The highest BCUT2D eigenvalue weighted by molar-refractivity contribution is 5.97. The number of hydrogen-bond donors (Lipinski definition) is 1. The first-order valence-corrected chi connectivity index (χ1v) is 8.59. The van der Waals surface area contributed by atoms with Gasteiger partial charge in [-0.15, -0.1) is 0 Å². The fraction of sp³-hybridized carbons (Fsp3) is 0.667. The number of β-amino-alcohol motifs (C(OH)–C–C–N with tert-alkyl or cyclic N) is 1. The van der Waals surface area contributed by atoms with Crippen molar-refractivity contribution < 1.29 is 14.6 Å². The number of aryl methyl sites for hydroxylation is 1. The van der Waals surface area contributed by atoms with E-state index in [2.05, 4.69) is 16.9 Å². The zero-order valence-corrected chi connectivity index (χ0v) is 14.8. The second-order valence-corrected chi connectivity index (χ2v) is 7.37. The van der Waals surface area contributed by atoms with Gasteiger partial charge >= 0.3 is 0 Å². The average Bonchev–Trinajstić information content (AvgIpc) is 2.53. The van der Waals surface area contributed by atoms with Crippen LogP contribution in [0.25, 0.3) is 0 Å². The molecule has 0 aromatic carbocycles. The topological polar surface area (TPSA) is 65.9 Å². The van der Waals surface area contributed by atoms with Gasteiger partial charge in [-0.25, -0.2) is 0 Å². The molecule has 132 valence electrons. The molecule has 0 bridgehead atoms. The molecular formula is C18H27N3O3. The van der Waals surface area contributed by atoms with Gasteiger partial charge in [0.05, 0.1) is 25.0 Å². The molecule has 1 unspecified atom stereocenters. The number of nitrogens with zero attached hydrogens (tertiary/aromatic N) is 3. The van der Waals surface area contributed by atoms with Gasteiger partial charge in [0.25, 0.3) is 5.91 Å². The van der Waals surface area contributed by atoms with Crippen molar-refractivity contribution in [2.24, 2.45) is 5.41 Å². The van der Waals surface area contributed by atoms with E-state index in [0.717, 1.165) is 51.1 Å². The predicted octanol–water partition coefficient (Wildman–Crippen LogP) is 1.32. The van der Waals surface area contributed by atoms with E-state index < -0.39 is 0 Å². The average molecular weight is 333 g/mol. The summed E-state index contributed by atoms with van der Waals surface area (Å²) >= 11 is 0. The maximum Gasteiger partial charge on any atom is 0.257 e. The van der Waals surface area contributed by atoms with Crippen LogP contribution in [-0.4, -0.2) is 72.2 Å². The van der Waals surface area contributed by atoms with E-state index in [9.17, 15) is 9.90 Å². The fourth-order valence-corrected chi connectivity index (χ4v) is 4.22. The number of aromatic nitrogens is 1. The van der Waals surface area contributed by atoms with Crippen molar-refractivity contribution in [3.63, 3.8) is 0 Å². The van der Waals surface area contributed by atoms with E-state index in [-0.39, 0.29) is 17.4 Å². The van der Waals surface area contributed by atoms with E-state index >= 15 is 0 Å². The Kier molecular flexibility index (Phi) is 4.78. The third-order valence-corrected chi connectivity index (χ3v) is 5.36. The van der Waals surface area contributed by atoms with Gasteiger partial charge in [-0.05, 0) is 44.7 Å². The first kappa shape index (κ1) is 17.2. The third kappa shape index (κ3) is 3.39. The summed E-state index contributed by atoms with van der Waals surface area (Å²) in [6.45, 7) is 5.08. The number of methoxy groups -OCH3 is 1. The van der Waals surface area contributed by atoms with Crippen molar-refractivity contribution in [2.75, 3.05) is 40.3 Å². The van der Waals surface area contributed by atoms with E-state index in [1.807, 2.05) is 11.8 Å². The SMILES string of the molecule is COc1cnc(C)cc1C(=O)N1CCC2(CC1)CC(O)CN(C)C2. The Labute approximate surface area is 143 Å². The molecule has 2 aliphatic heterocycles. The number of carbonyl (C=O) groups is 1. The molecule has 3 heterocycles. The summed E-state index contributed by atoms with van der Waals surface area (Å²) in [4.78, 5) is 21.2. The second-order valence-electron chi connectivity index (χ2n) is 7.37. The van der Waals surface area contributed by atoms with Crippen LogP contribution in [0.3, 0.4) is 0 Å². The number of pyridine rings is 1. The lowest BCUT2D eigenvalue weighted by Crippen LogP contribution is -2.53. The molecule has 0 aliphatic carbocycles. The standard InChI is InChI=1S/C18H27N3O3/c1-13-8-15(16(24-3)10-19-13)17(23)21-6-4-18(5-7-21)9-14(22)11-20(2)12-18/h8,10,14,22H,4-7,9,11-12H2,1-3H3. The molecule has 1 spiro atoms. The van der Waals surface area contributed by atoms with Crippen LogP contribution in [0.4, 0.5) is 0 Å². The minimum Gasteiger partial charge on any atom is -0.494 e. The van der Waals surface area contributed by atoms with Crippen LogP contribution in [0, 0.1) is 12.3 Å². The van der Waals surface area contributed by atoms with E-state index in [1.54, 1.807) is 19.4 Å². The minimum absolute atomic E-state index is 0.0110. The molecule has 2 saturated heterocycles. The normalized spacial score (nSPS) is 24.2. The summed E-state index contributed by atoms with van der Waals surface area (Å²) in [5.74, 6) is 0.538. The van der Waals surface area contributed by atoms with Crippen molar-refractivity contribution in [1.82, 2.24) is 14.8 Å². The molecule has 2 aliphatic rings. The maximum absolute atomic E-state index is 12.9. The number of amides is 1. The fourth-order valence-electron chi connectivity index (χ4n) is 4.22. The van der Waals surface area contributed by atoms with Gasteiger partial charge < -0.3 is 19.6 Å². The minimum atomic E-state index is -0.256. The number of likely N-dealkylation sites (N-methyl/N-ethyl adjacent to an activating group) is 1. The van der Waals surface area contributed by atoms with Gasteiger partial charge in [0.15, 0.2) is 0 Å². The Balaban J connectivity index is 1.71. The molecule has 2 fully saturated rings. The predicted molar refractivity (Wildman–Crippen MR) is 91.2 cm³/mol. The Morgan fingerprint density at radius 3 is 2.75 bits per heavy atom. The van der Waals surface area contributed by atoms with Crippen molar-refractivity contribution in [2.45, 2.75) is 32.3 Å². The number of likely N-dealkylation sites (tertiary alicyclic amines) is 2. The number of aliphatic hydroxyl groups excluding tert-OH is 1. The molecule has 3 rings (SSSR count). The van der Waals surface area contributed by atoms with Crippen molar-refractivity contribution in [1.29, 1.82) is 0 Å². The third-order valence-electron chi connectivity index (χ3n) is 5.36. The molecule has 1 atom stereocenters. The number of aliphatic hydroxyl groups is 1. The Bertz CT molecular complexity index is 600. The Morgan fingerprint density at radius 1 is 1.42 bits per heavy atom. The zero-order valence-electron chi connectivity index (χ0n) is 14.8. The Hall–Kier alpha value is -1.66. The Morgan fingerprint density at radius 2 is 2.12 bits per heavy atom. The van der Waals surface area contributed by atoms with Crippen LogP contribution in [-0.2, 0) is 0 Å². The van der Waals surface area contributed by atoms with E-state index in [4.69, 9.17) is 4.74 Å². The zero-order chi connectivity index (χ0) is 17.3. The highest BCUT2D eigenvalue weighted by atomic mass is 16.5. The van der Waals surface area contributed by atoms with Gasteiger partial charge in [0.1, 0.15) is 5.75 Å². The molecule has 1 amide bonds. The van der Waals surface area contributed by atoms with Gasteiger partial charge in [-0.1, -0.05) is 0 Å². The van der Waals surface area contributed by atoms with E-state index in [1.165, 1.54) is 0 Å². The molecule has 1 aromatic heterocycles. The largest absolute Gasteiger partial charge is 0.494 e. The van der Waals surface area contributed by atoms with Gasteiger partial charge in [0, 0.05) is 31.9 Å². The van der Waals surface area contributed by atoms with Gasteiger partial charge in [-0.3, -0.25) is 9.78 Å². The number of carbonyl (C=O) groups excluding carboxylic acids is 1. The van der Waals surface area contributed by atoms with Crippen LogP contribution < -0.4 is 4.74 Å². The summed E-state index contributed by atoms with van der Waals surface area (Å²) in [7, 11) is 3.62. The maximum atomic E-state index is 12.9. The van der Waals surface area contributed by atoms with Crippen LogP contribution >= 0.6 is 0 Å². The van der Waals surface area contributed by atoms with Crippen molar-refractivity contribution >= 4 is 5.91 Å². The molecule has 6 heteroatoms. The molecule has 1 N–H and O–H groups in total. The first-order valence-electron chi connectivity index (χ1n) is 8.59. The highest BCUT2D eigenvalue weighted by Gasteiger charge is 2.41. The van der Waals surface area contributed by atoms with Crippen LogP contribution in [0.1, 0.15) is 35.3 Å². The van der Waals surface area contributed by atoms with Crippen molar-refractivity contribution in [3.8, 4) is 5.75 Å². The highest BCUT2D eigenvalue weighted by Crippen LogP contribution is 2.40. The number of ether oxygens (including phenoxy) is 1. The monoisotopic (exact) mass is 333 g/mol. The van der Waals surface area contributed by atoms with E-state index in [0.29, 0.717) is 11.3 Å². The van der Waals surface area contributed by atoms with Crippen LogP contribution in [0.2, 0.25) is 0 Å². The summed E-state index contributed by atoms with van der Waals surface area (Å²) in [6, 6.07) is 1.80. The summed E-state index contributed by atoms with van der Waals surface area (Å²) in [6.07, 6.45) is 4.07. The lowest BCUT2D eigenvalue weighted by Gasteiger charge is -2.48. The van der Waals surface area contributed by atoms with Gasteiger partial charge in [0.2, 0.25) is 0 Å². The quantitative estimate of drug-likeness (QED) is 0.884. The van der Waals surface area contributed by atoms with Crippen LogP contribution in [0.5, 0.6) is 5.75 Å². The molecule has 0 saturated carbocycles. The van der Waals surface area contributed by atoms with Crippen molar-refractivity contribution in [3.05, 3.63) is 23.5 Å². The number of rotatable bonds is 2. The molecule has 1 aromatic rings. The van der Waals surface area contributed by atoms with Gasteiger partial charge in [-0.2, -0.15) is 0 Å².